The first kappa shape index (κ1) is 14.9. The van der Waals surface area contributed by atoms with Gasteiger partial charge in [-0.1, -0.05) is 23.3 Å². The molecule has 1 amide bonds. The maximum atomic E-state index is 12.1. The van der Waals surface area contributed by atoms with Gasteiger partial charge >= 0.3 is 0 Å². The minimum absolute atomic E-state index is 0.0358. The van der Waals surface area contributed by atoms with Gasteiger partial charge in [-0.15, -0.1) is 0 Å². The van der Waals surface area contributed by atoms with Crippen LogP contribution in [-0.2, 0) is 4.79 Å². The van der Waals surface area contributed by atoms with E-state index in [2.05, 4.69) is 20.3 Å². The molecule has 1 aliphatic rings. The van der Waals surface area contributed by atoms with Gasteiger partial charge in [0.25, 0.3) is 0 Å². The lowest BCUT2D eigenvalue weighted by atomic mass is 10.1. The van der Waals surface area contributed by atoms with Crippen LogP contribution in [0.2, 0.25) is 0 Å². The summed E-state index contributed by atoms with van der Waals surface area (Å²) in [4.78, 5) is 20.9. The van der Waals surface area contributed by atoms with E-state index in [0.717, 1.165) is 17.2 Å². The molecule has 0 bridgehead atoms. The zero-order valence-electron chi connectivity index (χ0n) is 12.5. The topological polar surface area (TPSA) is 94.0 Å². The van der Waals surface area contributed by atoms with E-state index in [9.17, 15) is 4.79 Å². The zero-order chi connectivity index (χ0) is 16.1. The lowest BCUT2D eigenvalue weighted by molar-refractivity contribution is -0.117. The van der Waals surface area contributed by atoms with Crippen molar-refractivity contribution in [3.05, 3.63) is 59.1 Å². The Morgan fingerprint density at radius 1 is 1.30 bits per heavy atom. The second kappa shape index (κ2) is 6.81. The first-order valence-corrected chi connectivity index (χ1v) is 7.35. The number of amides is 1. The number of nitrogens with one attached hydrogen (secondary N) is 1. The van der Waals surface area contributed by atoms with Crippen LogP contribution in [0.1, 0.15) is 6.42 Å². The third kappa shape index (κ3) is 3.59. The van der Waals surface area contributed by atoms with Crippen LogP contribution in [0.25, 0.3) is 10.4 Å². The number of carbonyl (C=O) groups excluding carboxylic acids is 1. The number of nitrogens with zero attached hydrogens (tertiary/aromatic N) is 5. The summed E-state index contributed by atoms with van der Waals surface area (Å²) in [7, 11) is 0. The quantitative estimate of drug-likeness (QED) is 0.520. The number of azide groups is 1. The predicted octanol–water partition coefficient (Wildman–Crippen LogP) is 3.49. The van der Waals surface area contributed by atoms with Gasteiger partial charge in [-0.05, 0) is 35.7 Å². The van der Waals surface area contributed by atoms with Crippen molar-refractivity contribution in [3.63, 3.8) is 0 Å². The van der Waals surface area contributed by atoms with E-state index in [1.165, 1.54) is 0 Å². The SMILES string of the molecule is [N-]=[N+]=NCC1CC(=O)N(c2ccc(Nc3ccccc3)nc2)C1. The second-order valence-corrected chi connectivity index (χ2v) is 5.38. The largest absolute Gasteiger partial charge is 0.340 e. The van der Waals surface area contributed by atoms with Crippen LogP contribution in [0.3, 0.4) is 0 Å². The van der Waals surface area contributed by atoms with E-state index < -0.39 is 0 Å². The Kier molecular flexibility index (Phi) is 4.40. The third-order valence-electron chi connectivity index (χ3n) is 3.71. The number of hydrogen-bond acceptors (Lipinski definition) is 4. The lowest BCUT2D eigenvalue weighted by Gasteiger charge is -2.16. The van der Waals surface area contributed by atoms with Gasteiger partial charge in [-0.2, -0.15) is 0 Å². The highest BCUT2D eigenvalue weighted by molar-refractivity contribution is 5.95. The van der Waals surface area contributed by atoms with E-state index >= 15 is 0 Å². The van der Waals surface area contributed by atoms with Crippen molar-refractivity contribution in [3.8, 4) is 0 Å². The van der Waals surface area contributed by atoms with E-state index in [1.54, 1.807) is 11.1 Å². The summed E-state index contributed by atoms with van der Waals surface area (Å²) in [5.41, 5.74) is 10.1. The molecule has 0 radical (unpaired) electrons. The van der Waals surface area contributed by atoms with Gasteiger partial charge in [0.2, 0.25) is 5.91 Å². The molecule has 1 aliphatic heterocycles. The number of anilines is 3. The Labute approximate surface area is 133 Å². The number of aromatic nitrogens is 1. The molecule has 1 fully saturated rings. The number of benzene rings is 1. The van der Waals surface area contributed by atoms with Crippen LogP contribution in [0.5, 0.6) is 0 Å². The van der Waals surface area contributed by atoms with E-state index in [4.69, 9.17) is 5.53 Å². The predicted molar refractivity (Wildman–Crippen MR) is 88.4 cm³/mol. The molecular formula is C16H16N6O. The molecule has 3 rings (SSSR count). The van der Waals surface area contributed by atoms with Gasteiger partial charge in [0.1, 0.15) is 5.82 Å². The van der Waals surface area contributed by atoms with Crippen molar-refractivity contribution in [1.82, 2.24) is 4.98 Å². The number of rotatable bonds is 5. The summed E-state index contributed by atoms with van der Waals surface area (Å²) < 4.78 is 0. The van der Waals surface area contributed by atoms with Crippen molar-refractivity contribution < 1.29 is 4.79 Å². The molecule has 1 aromatic carbocycles. The van der Waals surface area contributed by atoms with Gasteiger partial charge in [0.05, 0.1) is 11.9 Å². The summed E-state index contributed by atoms with van der Waals surface area (Å²) >= 11 is 0. The molecule has 1 unspecified atom stereocenters. The standard InChI is InChI=1S/C16H16N6O/c17-21-19-9-12-8-16(23)22(11-12)14-6-7-15(18-10-14)20-13-4-2-1-3-5-13/h1-7,10,12H,8-9,11H2,(H,18,20). The van der Waals surface area contributed by atoms with Gasteiger partial charge in [0.15, 0.2) is 0 Å². The Balaban J connectivity index is 1.67. The molecule has 23 heavy (non-hydrogen) atoms. The molecule has 116 valence electrons. The monoisotopic (exact) mass is 308 g/mol. The number of pyridine rings is 1. The fourth-order valence-corrected chi connectivity index (χ4v) is 2.59. The average Bonchev–Trinajstić information content (AvgIpc) is 2.95. The first-order chi connectivity index (χ1) is 11.3. The number of para-hydroxylation sites is 1. The average molecular weight is 308 g/mol. The highest BCUT2D eigenvalue weighted by Crippen LogP contribution is 2.26. The Morgan fingerprint density at radius 3 is 2.83 bits per heavy atom. The van der Waals surface area contributed by atoms with Crippen LogP contribution >= 0.6 is 0 Å². The van der Waals surface area contributed by atoms with Crippen LogP contribution in [-0.4, -0.2) is 24.0 Å². The number of hydrogen-bond donors (Lipinski definition) is 1. The Morgan fingerprint density at radius 2 is 2.13 bits per heavy atom. The molecule has 2 heterocycles. The summed E-state index contributed by atoms with van der Waals surface area (Å²) in [5.74, 6) is 0.825. The maximum Gasteiger partial charge on any atom is 0.227 e. The highest BCUT2D eigenvalue weighted by Gasteiger charge is 2.30. The van der Waals surface area contributed by atoms with E-state index in [1.807, 2.05) is 42.5 Å². The lowest BCUT2D eigenvalue weighted by Crippen LogP contribution is -2.24. The molecule has 2 aromatic rings. The summed E-state index contributed by atoms with van der Waals surface area (Å²) in [6.45, 7) is 0.908. The molecule has 1 atom stereocenters. The van der Waals surface area contributed by atoms with E-state index in [-0.39, 0.29) is 11.8 Å². The van der Waals surface area contributed by atoms with Crippen molar-refractivity contribution in [2.45, 2.75) is 6.42 Å². The van der Waals surface area contributed by atoms with Crippen molar-refractivity contribution in [2.24, 2.45) is 11.0 Å². The van der Waals surface area contributed by atoms with Gasteiger partial charge in [-0.25, -0.2) is 4.98 Å². The smallest absolute Gasteiger partial charge is 0.227 e. The van der Waals surface area contributed by atoms with Crippen molar-refractivity contribution >= 4 is 23.1 Å². The molecule has 1 saturated heterocycles. The molecule has 0 spiro atoms. The van der Waals surface area contributed by atoms with E-state index in [0.29, 0.717) is 19.5 Å². The third-order valence-corrected chi connectivity index (χ3v) is 3.71. The normalized spacial score (nSPS) is 17.0. The van der Waals surface area contributed by atoms with Crippen molar-refractivity contribution in [1.29, 1.82) is 0 Å². The minimum atomic E-state index is 0.0358. The summed E-state index contributed by atoms with van der Waals surface area (Å²) in [6, 6.07) is 13.5. The molecular weight excluding hydrogens is 292 g/mol. The fraction of sp³-hybridized carbons (Fsp3) is 0.250. The van der Waals surface area contributed by atoms with Crippen LogP contribution in [0, 0.1) is 5.92 Å². The molecule has 1 aromatic heterocycles. The van der Waals surface area contributed by atoms with Gasteiger partial charge in [0, 0.05) is 30.1 Å². The fourth-order valence-electron chi connectivity index (χ4n) is 2.59. The first-order valence-electron chi connectivity index (χ1n) is 7.35. The van der Waals surface area contributed by atoms with Crippen LogP contribution in [0.4, 0.5) is 17.2 Å². The van der Waals surface area contributed by atoms with Crippen LogP contribution < -0.4 is 10.2 Å². The summed E-state index contributed by atoms with van der Waals surface area (Å²) in [6.07, 6.45) is 2.09. The summed E-state index contributed by atoms with van der Waals surface area (Å²) in [5, 5.41) is 6.75. The Bertz CT molecular complexity index is 724. The molecule has 7 nitrogen and oxygen atoms in total. The molecule has 7 heteroatoms. The number of carbonyl (C=O) groups is 1. The van der Waals surface area contributed by atoms with Gasteiger partial charge < -0.3 is 10.2 Å². The van der Waals surface area contributed by atoms with Crippen molar-refractivity contribution in [2.75, 3.05) is 23.3 Å². The molecule has 0 saturated carbocycles. The minimum Gasteiger partial charge on any atom is -0.340 e. The maximum absolute atomic E-state index is 12.1. The molecule has 0 aliphatic carbocycles. The Hall–Kier alpha value is -3.05. The highest BCUT2D eigenvalue weighted by atomic mass is 16.2. The second-order valence-electron chi connectivity index (χ2n) is 5.38. The zero-order valence-corrected chi connectivity index (χ0v) is 12.5. The van der Waals surface area contributed by atoms with Gasteiger partial charge in [-0.3, -0.25) is 4.79 Å². The van der Waals surface area contributed by atoms with Crippen LogP contribution in [0.15, 0.2) is 53.8 Å². The molecule has 1 N–H and O–H groups in total.